The molecule has 0 fully saturated rings. The van der Waals surface area contributed by atoms with Crippen molar-refractivity contribution in [2.75, 3.05) is 19.8 Å². The topological polar surface area (TPSA) is 128 Å². The van der Waals surface area contributed by atoms with Gasteiger partial charge in [0.25, 0.3) is 0 Å². The summed E-state index contributed by atoms with van der Waals surface area (Å²) in [7, 11) is 0. The molecule has 8 nitrogen and oxygen atoms in total. The molecular weight excluding hydrogens is 424 g/mol. The summed E-state index contributed by atoms with van der Waals surface area (Å²) in [5.74, 6) is -1.61. The highest BCUT2D eigenvalue weighted by Crippen LogP contribution is 2.20. The van der Waals surface area contributed by atoms with Gasteiger partial charge < -0.3 is 20.3 Å². The fraction of sp³-hybridized carbons (Fsp3) is 0.360. The van der Waals surface area contributed by atoms with Crippen LogP contribution in [0.4, 0.5) is 0 Å². The van der Waals surface area contributed by atoms with Crippen LogP contribution in [0.1, 0.15) is 51.4 Å². The van der Waals surface area contributed by atoms with Crippen LogP contribution in [0.5, 0.6) is 0 Å². The first-order valence-electron chi connectivity index (χ1n) is 10.2. The molecule has 33 heavy (non-hydrogen) atoms. The van der Waals surface area contributed by atoms with Crippen molar-refractivity contribution in [1.29, 1.82) is 0 Å². The second kappa shape index (κ2) is 16.3. The number of carbonyl (C=O) groups is 3. The highest BCUT2D eigenvalue weighted by molar-refractivity contribution is 6.35. The SMILES string of the molecule is C.CC1=N[C@H](c2ccccc2)COC1=O.CCOC(=O)C(C)=O.N[C@@H](CO)c1ccccc1. The molecule has 2 aromatic carbocycles. The third-order valence-electron chi connectivity index (χ3n) is 4.19. The summed E-state index contributed by atoms with van der Waals surface area (Å²) in [5.41, 5.74) is 8.05. The average Bonchev–Trinajstić information content (AvgIpc) is 2.82. The number of cyclic esters (lactones) is 1. The van der Waals surface area contributed by atoms with Crippen molar-refractivity contribution in [3.63, 3.8) is 0 Å². The molecule has 0 amide bonds. The van der Waals surface area contributed by atoms with Crippen molar-refractivity contribution >= 4 is 23.4 Å². The van der Waals surface area contributed by atoms with Crippen LogP contribution in [0.15, 0.2) is 65.7 Å². The second-order valence-corrected chi connectivity index (χ2v) is 6.72. The number of carbonyl (C=O) groups excluding carboxylic acids is 3. The minimum Gasteiger partial charge on any atom is -0.460 e. The molecule has 2 aromatic rings. The summed E-state index contributed by atoms with van der Waals surface area (Å²) in [4.78, 5) is 35.5. The van der Waals surface area contributed by atoms with Crippen molar-refractivity contribution in [2.45, 2.75) is 40.3 Å². The monoisotopic (exact) mass is 458 g/mol. The normalized spacial score (nSPS) is 15.0. The van der Waals surface area contributed by atoms with Gasteiger partial charge in [0.05, 0.1) is 19.3 Å². The van der Waals surface area contributed by atoms with E-state index in [0.717, 1.165) is 11.1 Å². The number of esters is 2. The van der Waals surface area contributed by atoms with E-state index < -0.39 is 11.8 Å². The minimum atomic E-state index is -0.757. The summed E-state index contributed by atoms with van der Waals surface area (Å²) < 4.78 is 9.30. The van der Waals surface area contributed by atoms with Crippen LogP contribution in [0.2, 0.25) is 0 Å². The fourth-order valence-corrected chi connectivity index (χ4v) is 2.47. The number of rotatable bonds is 5. The number of aliphatic imine (C=N–C) groups is 1. The van der Waals surface area contributed by atoms with Crippen LogP contribution >= 0.6 is 0 Å². The molecule has 0 unspecified atom stereocenters. The maximum Gasteiger partial charge on any atom is 0.374 e. The molecule has 0 saturated carbocycles. The lowest BCUT2D eigenvalue weighted by Gasteiger charge is -2.18. The van der Waals surface area contributed by atoms with Gasteiger partial charge in [-0.25, -0.2) is 9.59 Å². The zero-order valence-corrected chi connectivity index (χ0v) is 18.6. The van der Waals surface area contributed by atoms with Gasteiger partial charge in [-0.3, -0.25) is 9.79 Å². The number of hydrogen-bond acceptors (Lipinski definition) is 8. The van der Waals surface area contributed by atoms with Crippen molar-refractivity contribution in [3.05, 3.63) is 71.8 Å². The summed E-state index contributed by atoms with van der Waals surface area (Å²) >= 11 is 0. The van der Waals surface area contributed by atoms with Gasteiger partial charge in [0.1, 0.15) is 18.4 Å². The Balaban J connectivity index is 0.000000481. The predicted molar refractivity (Wildman–Crippen MR) is 128 cm³/mol. The molecule has 180 valence electrons. The van der Waals surface area contributed by atoms with Crippen molar-refractivity contribution in [3.8, 4) is 0 Å². The Labute approximate surface area is 195 Å². The zero-order valence-electron chi connectivity index (χ0n) is 18.6. The fourth-order valence-electron chi connectivity index (χ4n) is 2.47. The van der Waals surface area contributed by atoms with E-state index in [9.17, 15) is 14.4 Å². The first-order chi connectivity index (χ1) is 15.3. The van der Waals surface area contributed by atoms with Crippen LogP contribution < -0.4 is 5.73 Å². The molecule has 0 saturated heterocycles. The molecule has 1 aliphatic rings. The summed E-state index contributed by atoms with van der Waals surface area (Å²) in [6.45, 7) is 5.12. The molecule has 3 rings (SSSR count). The maximum absolute atomic E-state index is 11.0. The number of ether oxygens (including phenoxy) is 2. The number of ketones is 1. The number of Topliss-reactive ketones (excluding diaryl/α,β-unsaturated/α-hetero) is 1. The van der Waals surface area contributed by atoms with Crippen LogP contribution in [-0.4, -0.2) is 48.4 Å². The Morgan fingerprint density at radius 2 is 1.70 bits per heavy atom. The molecule has 0 aromatic heterocycles. The van der Waals surface area contributed by atoms with Gasteiger partial charge >= 0.3 is 11.9 Å². The van der Waals surface area contributed by atoms with Crippen LogP contribution in [0.3, 0.4) is 0 Å². The van der Waals surface area contributed by atoms with Gasteiger partial charge in [-0.05, 0) is 25.0 Å². The Hall–Kier alpha value is -3.36. The van der Waals surface area contributed by atoms with E-state index in [1.54, 1.807) is 13.8 Å². The lowest BCUT2D eigenvalue weighted by Crippen LogP contribution is -2.24. The third kappa shape index (κ3) is 11.2. The Bertz CT molecular complexity index is 884. The lowest BCUT2D eigenvalue weighted by molar-refractivity contribution is -0.152. The first kappa shape index (κ1) is 29.6. The van der Waals surface area contributed by atoms with E-state index in [1.807, 2.05) is 60.7 Å². The van der Waals surface area contributed by atoms with Gasteiger partial charge in [0.2, 0.25) is 5.78 Å². The molecule has 0 aliphatic carbocycles. The third-order valence-corrected chi connectivity index (χ3v) is 4.19. The van der Waals surface area contributed by atoms with Crippen molar-refractivity contribution in [1.82, 2.24) is 0 Å². The van der Waals surface area contributed by atoms with Gasteiger partial charge in [-0.1, -0.05) is 68.1 Å². The Kier molecular flexibility index (Phi) is 14.6. The molecule has 0 bridgehead atoms. The average molecular weight is 459 g/mol. The molecule has 0 spiro atoms. The lowest BCUT2D eigenvalue weighted by atomic mass is 10.1. The number of hydrogen-bond donors (Lipinski definition) is 2. The van der Waals surface area contributed by atoms with E-state index in [2.05, 4.69) is 9.73 Å². The molecule has 3 N–H and O–H groups in total. The van der Waals surface area contributed by atoms with Gasteiger partial charge in [0.15, 0.2) is 0 Å². The molecular formula is C25H34N2O6. The number of nitrogens with two attached hydrogens (primary N) is 1. The van der Waals surface area contributed by atoms with Gasteiger partial charge in [0, 0.05) is 6.92 Å². The quantitative estimate of drug-likeness (QED) is 0.520. The standard InChI is InChI=1S/C11H11NO2.C8H11NO.C5H8O3.CH4/c1-8-11(13)14-7-10(12-8)9-5-3-2-4-6-9;9-8(6-10)7-4-2-1-3-5-7;1-3-8-5(7)4(2)6;/h2-6,10H,7H2,1H3;1-5,8,10H,6,9H2;3H2,1-2H3;1H4/t10-;8-;;/m00../s1. The predicted octanol–water partition coefficient (Wildman–Crippen LogP) is 3.20. The molecule has 2 atom stereocenters. The van der Waals surface area contributed by atoms with E-state index in [0.29, 0.717) is 12.3 Å². The van der Waals surface area contributed by atoms with E-state index in [1.165, 1.54) is 6.92 Å². The number of aliphatic hydroxyl groups excluding tert-OH is 1. The highest BCUT2D eigenvalue weighted by Gasteiger charge is 2.21. The smallest absolute Gasteiger partial charge is 0.374 e. The van der Waals surface area contributed by atoms with Crippen molar-refractivity contribution in [2.24, 2.45) is 10.7 Å². The van der Waals surface area contributed by atoms with E-state index >= 15 is 0 Å². The van der Waals surface area contributed by atoms with E-state index in [4.69, 9.17) is 15.6 Å². The Morgan fingerprint density at radius 1 is 1.15 bits per heavy atom. The number of nitrogens with zero attached hydrogens (tertiary/aromatic N) is 1. The van der Waals surface area contributed by atoms with Crippen LogP contribution in [-0.2, 0) is 23.9 Å². The van der Waals surface area contributed by atoms with Gasteiger partial charge in [-0.15, -0.1) is 0 Å². The maximum atomic E-state index is 11.0. The van der Waals surface area contributed by atoms with Crippen molar-refractivity contribution < 1.29 is 29.0 Å². The number of benzene rings is 2. The largest absolute Gasteiger partial charge is 0.460 e. The van der Waals surface area contributed by atoms with Crippen LogP contribution in [0, 0.1) is 0 Å². The highest BCUT2D eigenvalue weighted by atomic mass is 16.5. The number of aliphatic hydroxyl groups is 1. The summed E-state index contributed by atoms with van der Waals surface area (Å²) in [6, 6.07) is 19.1. The molecule has 0 radical (unpaired) electrons. The van der Waals surface area contributed by atoms with Crippen LogP contribution in [0.25, 0.3) is 0 Å². The van der Waals surface area contributed by atoms with E-state index in [-0.39, 0.29) is 38.7 Å². The molecule has 1 heterocycles. The molecule has 1 aliphatic heterocycles. The second-order valence-electron chi connectivity index (χ2n) is 6.72. The first-order valence-corrected chi connectivity index (χ1v) is 10.2. The Morgan fingerprint density at radius 3 is 2.12 bits per heavy atom. The summed E-state index contributed by atoms with van der Waals surface area (Å²) in [5, 5.41) is 8.66. The molecule has 8 heteroatoms. The minimum absolute atomic E-state index is 0. The van der Waals surface area contributed by atoms with Gasteiger partial charge in [-0.2, -0.15) is 0 Å². The summed E-state index contributed by atoms with van der Waals surface area (Å²) in [6.07, 6.45) is 0. The zero-order chi connectivity index (χ0) is 23.9.